The molecular formula is C24H23NO2S. The van der Waals surface area contributed by atoms with Crippen LogP contribution in [0.15, 0.2) is 53.4 Å². The lowest BCUT2D eigenvalue weighted by Crippen LogP contribution is -2.32. The second-order valence-corrected chi connectivity index (χ2v) is 8.06. The molecule has 0 spiro atoms. The predicted molar refractivity (Wildman–Crippen MR) is 115 cm³/mol. The molecule has 3 nitrogen and oxygen atoms in total. The molecule has 0 saturated carbocycles. The van der Waals surface area contributed by atoms with Gasteiger partial charge in [-0.25, -0.2) is 8.42 Å². The van der Waals surface area contributed by atoms with Crippen molar-refractivity contribution < 1.29 is 8.42 Å². The van der Waals surface area contributed by atoms with E-state index in [1.807, 2.05) is 13.0 Å². The molecule has 0 bridgehead atoms. The lowest BCUT2D eigenvalue weighted by atomic mass is 10.2. The van der Waals surface area contributed by atoms with Crippen molar-refractivity contribution in [3.63, 3.8) is 0 Å². The molecule has 2 aromatic rings. The van der Waals surface area contributed by atoms with Crippen molar-refractivity contribution in [2.24, 2.45) is 0 Å². The van der Waals surface area contributed by atoms with Crippen LogP contribution in [0.5, 0.6) is 0 Å². The summed E-state index contributed by atoms with van der Waals surface area (Å²) in [4.78, 5) is 0.190. The minimum Gasteiger partial charge on any atom is -0.253 e. The van der Waals surface area contributed by atoms with Crippen molar-refractivity contribution in [2.45, 2.75) is 38.0 Å². The maximum absolute atomic E-state index is 13.2. The highest BCUT2D eigenvalue weighted by molar-refractivity contribution is 7.92. The minimum atomic E-state index is -3.81. The Balaban J connectivity index is 2.44. The molecule has 28 heavy (non-hydrogen) atoms. The Bertz CT molecular complexity index is 1070. The number of sulfonamides is 1. The molecule has 0 N–H and O–H groups in total. The monoisotopic (exact) mass is 389 g/mol. The average Bonchev–Trinajstić information content (AvgIpc) is 2.69. The number of benzene rings is 2. The molecule has 0 aliphatic carbocycles. The van der Waals surface area contributed by atoms with E-state index < -0.39 is 10.0 Å². The molecule has 2 rings (SSSR count). The Morgan fingerprint density at radius 2 is 1.75 bits per heavy atom. The van der Waals surface area contributed by atoms with Gasteiger partial charge in [-0.2, -0.15) is 0 Å². The number of terminal acetylenes is 1. The summed E-state index contributed by atoms with van der Waals surface area (Å²) in [7, 11) is -3.81. The van der Waals surface area contributed by atoms with Gasteiger partial charge in [0.15, 0.2) is 0 Å². The summed E-state index contributed by atoms with van der Waals surface area (Å²) in [5, 5.41) is 0. The largest absolute Gasteiger partial charge is 0.265 e. The molecule has 0 fully saturated rings. The van der Waals surface area contributed by atoms with Gasteiger partial charge in [0.25, 0.3) is 10.0 Å². The van der Waals surface area contributed by atoms with Crippen molar-refractivity contribution in [2.75, 3.05) is 10.8 Å². The zero-order valence-corrected chi connectivity index (χ0v) is 17.0. The molecule has 0 amide bonds. The van der Waals surface area contributed by atoms with E-state index in [4.69, 9.17) is 6.42 Å². The highest BCUT2D eigenvalue weighted by Gasteiger charge is 2.25. The van der Waals surface area contributed by atoms with E-state index in [9.17, 15) is 8.42 Å². The van der Waals surface area contributed by atoms with Gasteiger partial charge in [0.05, 0.1) is 17.1 Å². The summed E-state index contributed by atoms with van der Waals surface area (Å²) in [5.41, 5.74) is 2.00. The Labute approximate surface area is 168 Å². The normalized spacial score (nSPS) is 10.0. The van der Waals surface area contributed by atoms with Crippen LogP contribution in [0.2, 0.25) is 0 Å². The van der Waals surface area contributed by atoms with Crippen LogP contribution in [0, 0.1) is 42.9 Å². The van der Waals surface area contributed by atoms with E-state index in [1.54, 1.807) is 42.5 Å². The second kappa shape index (κ2) is 10.3. The maximum Gasteiger partial charge on any atom is 0.265 e. The summed E-state index contributed by atoms with van der Waals surface area (Å²) in [6, 6.07) is 13.7. The van der Waals surface area contributed by atoms with Gasteiger partial charge in [-0.15, -0.1) is 6.42 Å². The predicted octanol–water partition coefficient (Wildman–Crippen LogP) is 4.37. The van der Waals surface area contributed by atoms with E-state index in [-0.39, 0.29) is 11.4 Å². The van der Waals surface area contributed by atoms with E-state index in [0.717, 1.165) is 24.8 Å². The van der Waals surface area contributed by atoms with Crippen molar-refractivity contribution >= 4 is 15.7 Å². The van der Waals surface area contributed by atoms with Gasteiger partial charge in [0, 0.05) is 12.0 Å². The number of anilines is 1. The number of hydrogen-bond acceptors (Lipinski definition) is 2. The third kappa shape index (κ3) is 5.43. The number of nitrogens with zero attached hydrogens (tertiary/aromatic N) is 1. The van der Waals surface area contributed by atoms with Crippen molar-refractivity contribution in [3.05, 3.63) is 59.7 Å². The van der Waals surface area contributed by atoms with Gasteiger partial charge >= 0.3 is 0 Å². The Kier molecular flexibility index (Phi) is 7.76. The molecular weight excluding hydrogens is 366 g/mol. The van der Waals surface area contributed by atoms with Crippen LogP contribution >= 0.6 is 0 Å². The topological polar surface area (TPSA) is 37.4 Å². The molecule has 142 valence electrons. The quantitative estimate of drug-likeness (QED) is 0.543. The molecule has 0 aromatic heterocycles. The molecule has 2 aromatic carbocycles. The molecule has 0 saturated heterocycles. The molecule has 0 atom stereocenters. The van der Waals surface area contributed by atoms with E-state index in [1.165, 1.54) is 4.31 Å². The van der Waals surface area contributed by atoms with Gasteiger partial charge in [0.2, 0.25) is 0 Å². The van der Waals surface area contributed by atoms with Crippen molar-refractivity contribution in [1.82, 2.24) is 0 Å². The Morgan fingerprint density at radius 1 is 1.04 bits per heavy atom. The van der Waals surface area contributed by atoms with E-state index in [2.05, 4.69) is 36.5 Å². The van der Waals surface area contributed by atoms with Crippen LogP contribution in [0.1, 0.15) is 37.3 Å². The van der Waals surface area contributed by atoms with Crippen LogP contribution in [0.4, 0.5) is 5.69 Å². The van der Waals surface area contributed by atoms with Gasteiger partial charge in [-0.3, -0.25) is 4.31 Å². The number of aryl methyl sites for hydroxylation is 1. The Hall–Kier alpha value is -3.13. The fourth-order valence-electron chi connectivity index (χ4n) is 2.49. The fraction of sp³-hybridized carbons (Fsp3) is 0.250. The summed E-state index contributed by atoms with van der Waals surface area (Å²) in [6.45, 7) is 3.93. The smallest absolute Gasteiger partial charge is 0.253 e. The molecule has 0 aliphatic rings. The summed E-state index contributed by atoms with van der Waals surface area (Å²) in [6.07, 6.45) is 8.40. The third-order valence-electron chi connectivity index (χ3n) is 4.02. The molecule has 0 radical (unpaired) electrons. The maximum atomic E-state index is 13.2. The summed E-state index contributed by atoms with van der Waals surface area (Å²) >= 11 is 0. The first-order valence-electron chi connectivity index (χ1n) is 9.11. The zero-order chi connectivity index (χ0) is 20.4. The number of hydrogen-bond donors (Lipinski definition) is 0. The van der Waals surface area contributed by atoms with Gasteiger partial charge in [0.1, 0.15) is 0 Å². The Morgan fingerprint density at radius 3 is 2.43 bits per heavy atom. The van der Waals surface area contributed by atoms with Crippen LogP contribution < -0.4 is 4.31 Å². The van der Waals surface area contributed by atoms with Gasteiger partial charge in [-0.05, 0) is 49.5 Å². The molecule has 0 heterocycles. The van der Waals surface area contributed by atoms with Crippen molar-refractivity contribution in [3.8, 4) is 36.0 Å². The second-order valence-electron chi connectivity index (χ2n) is 6.20. The molecule has 0 unspecified atom stereocenters. The van der Waals surface area contributed by atoms with Gasteiger partial charge in [-0.1, -0.05) is 60.9 Å². The third-order valence-corrected chi connectivity index (χ3v) is 5.79. The highest BCUT2D eigenvalue weighted by Crippen LogP contribution is 2.26. The van der Waals surface area contributed by atoms with Crippen LogP contribution in [-0.4, -0.2) is 15.0 Å². The molecule has 4 heteroatoms. The van der Waals surface area contributed by atoms with Crippen LogP contribution in [0.3, 0.4) is 0 Å². The molecule has 0 aliphatic heterocycles. The van der Waals surface area contributed by atoms with Crippen LogP contribution in [0.25, 0.3) is 0 Å². The van der Waals surface area contributed by atoms with E-state index >= 15 is 0 Å². The van der Waals surface area contributed by atoms with Crippen LogP contribution in [-0.2, 0) is 10.0 Å². The van der Waals surface area contributed by atoms with Crippen molar-refractivity contribution in [1.29, 1.82) is 0 Å². The summed E-state index contributed by atoms with van der Waals surface area (Å²) in [5.74, 6) is 14.0. The van der Waals surface area contributed by atoms with E-state index in [0.29, 0.717) is 11.3 Å². The average molecular weight is 390 g/mol. The fourth-order valence-corrected chi connectivity index (χ4v) is 3.88. The van der Waals surface area contributed by atoms with Gasteiger partial charge < -0.3 is 0 Å². The first-order valence-corrected chi connectivity index (χ1v) is 10.6. The number of para-hydroxylation sites is 1. The number of unbranched alkanes of at least 4 members (excludes halogenated alkanes) is 2. The SMILES string of the molecule is C#CCN(c1ccccc1C#CC#CCCCC)S(=O)(=O)c1ccc(C)cc1. The first kappa shape index (κ1) is 21.2. The zero-order valence-electron chi connectivity index (χ0n) is 16.2. The highest BCUT2D eigenvalue weighted by atomic mass is 32.2. The lowest BCUT2D eigenvalue weighted by Gasteiger charge is -2.23. The number of rotatable bonds is 6. The lowest BCUT2D eigenvalue weighted by molar-refractivity contribution is 0.593. The summed E-state index contributed by atoms with van der Waals surface area (Å²) < 4.78 is 27.6. The minimum absolute atomic E-state index is 0.0862. The standard InChI is InChI=1S/C24H23NO2S/c1-4-6-7-8-9-10-13-22-14-11-12-15-24(22)25(20-5-2)28(26,27)23-18-16-21(3)17-19-23/h2,11-12,14-19H,4,6-7,20H2,1,3H3. The first-order chi connectivity index (χ1) is 13.5.